The van der Waals surface area contributed by atoms with Gasteiger partial charge in [-0.2, -0.15) is 0 Å². The van der Waals surface area contributed by atoms with Crippen LogP contribution in [0.4, 0.5) is 0 Å². The van der Waals surface area contributed by atoms with E-state index in [0.717, 1.165) is 19.3 Å². The van der Waals surface area contributed by atoms with Crippen LogP contribution in [-0.4, -0.2) is 16.1 Å². The Morgan fingerprint density at radius 1 is 1.24 bits per heavy atom. The molecule has 108 valence electrons. The van der Waals surface area contributed by atoms with Gasteiger partial charge in [-0.05, 0) is 42.5 Å². The maximum Gasteiger partial charge on any atom is 0.354 e. The highest BCUT2D eigenvalue weighted by atomic mass is 16.5. The summed E-state index contributed by atoms with van der Waals surface area (Å²) in [5, 5.41) is 8.95. The molecule has 1 aliphatic rings. The molecule has 4 heteroatoms. The molecule has 1 N–H and O–H groups in total. The molecule has 0 amide bonds. The summed E-state index contributed by atoms with van der Waals surface area (Å²) in [7, 11) is 0. The van der Waals surface area contributed by atoms with E-state index in [0.29, 0.717) is 12.3 Å². The fourth-order valence-corrected chi connectivity index (χ4v) is 2.75. The van der Waals surface area contributed by atoms with Crippen LogP contribution in [0.2, 0.25) is 0 Å². The first-order valence-corrected chi connectivity index (χ1v) is 7.12. The second-order valence-corrected chi connectivity index (χ2v) is 5.21. The summed E-state index contributed by atoms with van der Waals surface area (Å²) >= 11 is 0. The van der Waals surface area contributed by atoms with E-state index in [1.54, 1.807) is 12.1 Å². The summed E-state index contributed by atoms with van der Waals surface area (Å²) in [5.74, 6) is -1.01. The topological polar surface area (TPSA) is 59.4 Å². The zero-order valence-corrected chi connectivity index (χ0v) is 11.7. The van der Waals surface area contributed by atoms with Crippen LogP contribution in [0.5, 0.6) is 0 Å². The second-order valence-electron chi connectivity index (χ2n) is 5.21. The maximum absolute atomic E-state index is 10.9. The minimum atomic E-state index is -1.01. The first-order valence-electron chi connectivity index (χ1n) is 7.12. The lowest BCUT2D eigenvalue weighted by Crippen LogP contribution is -2.13. The van der Waals surface area contributed by atoms with Crippen LogP contribution < -0.4 is 0 Å². The van der Waals surface area contributed by atoms with Crippen molar-refractivity contribution in [2.45, 2.75) is 32.0 Å². The normalized spacial score (nSPS) is 17.2. The summed E-state index contributed by atoms with van der Waals surface area (Å²) in [5.41, 5.74) is 3.30. The molecule has 0 saturated carbocycles. The van der Waals surface area contributed by atoms with Crippen LogP contribution in [-0.2, 0) is 17.8 Å². The van der Waals surface area contributed by atoms with Gasteiger partial charge in [-0.25, -0.2) is 9.78 Å². The number of carbonyl (C=O) groups is 1. The molecule has 0 saturated heterocycles. The second kappa shape index (κ2) is 6.06. The molecule has 21 heavy (non-hydrogen) atoms. The lowest BCUT2D eigenvalue weighted by Gasteiger charge is -2.25. The largest absolute Gasteiger partial charge is 0.477 e. The number of carboxylic acid groups (broad SMARTS) is 1. The van der Waals surface area contributed by atoms with Gasteiger partial charge in [-0.15, -0.1) is 0 Å². The average molecular weight is 283 g/mol. The molecule has 0 radical (unpaired) electrons. The van der Waals surface area contributed by atoms with Crippen LogP contribution in [0, 0.1) is 0 Å². The van der Waals surface area contributed by atoms with Crippen LogP contribution in [0.15, 0.2) is 42.5 Å². The van der Waals surface area contributed by atoms with Crippen LogP contribution >= 0.6 is 0 Å². The lowest BCUT2D eigenvalue weighted by atomic mass is 9.89. The van der Waals surface area contributed by atoms with E-state index >= 15 is 0 Å². The highest BCUT2D eigenvalue weighted by Gasteiger charge is 2.20. The molecule has 4 nitrogen and oxygen atoms in total. The van der Waals surface area contributed by atoms with Gasteiger partial charge in [-0.1, -0.05) is 30.3 Å². The van der Waals surface area contributed by atoms with Crippen LogP contribution in [0.1, 0.15) is 46.3 Å². The Hall–Kier alpha value is -2.20. The molecule has 1 aromatic heterocycles. The number of benzene rings is 1. The van der Waals surface area contributed by atoms with E-state index in [9.17, 15) is 4.79 Å². The molecule has 3 rings (SSSR count). The van der Waals surface area contributed by atoms with Gasteiger partial charge in [0, 0.05) is 0 Å². The number of aromatic nitrogens is 1. The zero-order chi connectivity index (χ0) is 14.7. The Morgan fingerprint density at radius 3 is 2.95 bits per heavy atom. The summed E-state index contributed by atoms with van der Waals surface area (Å²) < 4.78 is 5.97. The number of ether oxygens (including phenoxy) is 1. The number of nitrogens with zero attached hydrogens (tertiary/aromatic N) is 1. The fraction of sp³-hybridized carbons (Fsp3) is 0.294. The quantitative estimate of drug-likeness (QED) is 0.934. The van der Waals surface area contributed by atoms with Crippen LogP contribution in [0.25, 0.3) is 0 Å². The van der Waals surface area contributed by atoms with Gasteiger partial charge in [0.15, 0.2) is 0 Å². The van der Waals surface area contributed by atoms with Gasteiger partial charge in [0.2, 0.25) is 0 Å². The molecule has 2 aromatic rings. The number of rotatable bonds is 4. The third-order valence-corrected chi connectivity index (χ3v) is 3.77. The summed E-state index contributed by atoms with van der Waals surface area (Å²) in [4.78, 5) is 15.0. The Kier molecular flexibility index (Phi) is 3.97. The van der Waals surface area contributed by atoms with Crippen molar-refractivity contribution in [3.63, 3.8) is 0 Å². The molecule has 0 spiro atoms. The monoisotopic (exact) mass is 283 g/mol. The standard InChI is InChI=1S/C17H17NO3/c19-17(20)15-9-4-7-13(18-15)11-21-16-10-3-6-12-5-1-2-8-14(12)16/h1-2,4-5,7-9,16H,3,6,10-11H2,(H,19,20). The molecule has 0 bridgehead atoms. The Morgan fingerprint density at radius 2 is 2.10 bits per heavy atom. The first-order chi connectivity index (χ1) is 10.2. The van der Waals surface area contributed by atoms with E-state index < -0.39 is 5.97 Å². The van der Waals surface area contributed by atoms with Gasteiger partial charge in [-0.3, -0.25) is 0 Å². The van der Waals surface area contributed by atoms with E-state index in [4.69, 9.17) is 9.84 Å². The van der Waals surface area contributed by atoms with Crippen molar-refractivity contribution >= 4 is 5.97 Å². The van der Waals surface area contributed by atoms with Gasteiger partial charge >= 0.3 is 5.97 Å². The smallest absolute Gasteiger partial charge is 0.354 e. The van der Waals surface area contributed by atoms with Crippen molar-refractivity contribution in [2.75, 3.05) is 0 Å². The molecule has 1 unspecified atom stereocenters. The van der Waals surface area contributed by atoms with Gasteiger partial charge in [0.25, 0.3) is 0 Å². The number of aryl methyl sites for hydroxylation is 1. The summed E-state index contributed by atoms with van der Waals surface area (Å²) in [6.45, 7) is 0.333. The lowest BCUT2D eigenvalue weighted by molar-refractivity contribution is 0.0263. The Labute approximate surface area is 123 Å². The SMILES string of the molecule is O=C(O)c1cccc(COC2CCCc3ccccc32)n1. The first kappa shape index (κ1) is 13.8. The summed E-state index contributed by atoms with van der Waals surface area (Å²) in [6.07, 6.45) is 3.29. The van der Waals surface area contributed by atoms with E-state index in [-0.39, 0.29) is 11.8 Å². The molecule has 1 aliphatic carbocycles. The molecule has 1 atom stereocenters. The van der Waals surface area contributed by atoms with Crippen molar-refractivity contribution in [3.05, 3.63) is 65.0 Å². The predicted octanol–water partition coefficient (Wildman–Crippen LogP) is 3.37. The third-order valence-electron chi connectivity index (χ3n) is 3.77. The number of fused-ring (bicyclic) bond motifs is 1. The predicted molar refractivity (Wildman–Crippen MR) is 78.1 cm³/mol. The van der Waals surface area contributed by atoms with Crippen molar-refractivity contribution < 1.29 is 14.6 Å². The highest BCUT2D eigenvalue weighted by molar-refractivity contribution is 5.85. The van der Waals surface area contributed by atoms with Crippen molar-refractivity contribution in [3.8, 4) is 0 Å². The number of carboxylic acids is 1. The number of hydrogen-bond acceptors (Lipinski definition) is 3. The minimum Gasteiger partial charge on any atom is -0.477 e. The number of hydrogen-bond donors (Lipinski definition) is 1. The van der Waals surface area contributed by atoms with Crippen molar-refractivity contribution in [1.29, 1.82) is 0 Å². The Bertz CT molecular complexity index is 654. The number of aromatic carboxylic acids is 1. The number of pyridine rings is 1. The van der Waals surface area contributed by atoms with Crippen LogP contribution in [0.3, 0.4) is 0 Å². The maximum atomic E-state index is 10.9. The highest BCUT2D eigenvalue weighted by Crippen LogP contribution is 2.32. The molecular weight excluding hydrogens is 266 g/mol. The fourth-order valence-electron chi connectivity index (χ4n) is 2.75. The van der Waals surface area contributed by atoms with E-state index in [2.05, 4.69) is 23.2 Å². The molecule has 0 fully saturated rings. The van der Waals surface area contributed by atoms with E-state index in [1.165, 1.54) is 17.2 Å². The third kappa shape index (κ3) is 3.11. The summed E-state index contributed by atoms with van der Waals surface area (Å²) in [6, 6.07) is 13.3. The molecule has 1 aromatic carbocycles. The van der Waals surface area contributed by atoms with Gasteiger partial charge in [0.05, 0.1) is 18.4 Å². The average Bonchev–Trinajstić information content (AvgIpc) is 2.53. The minimum absolute atomic E-state index is 0.0557. The van der Waals surface area contributed by atoms with Crippen molar-refractivity contribution in [2.24, 2.45) is 0 Å². The van der Waals surface area contributed by atoms with E-state index in [1.807, 2.05) is 6.07 Å². The molecule has 0 aliphatic heterocycles. The van der Waals surface area contributed by atoms with Gasteiger partial charge in [0.1, 0.15) is 5.69 Å². The van der Waals surface area contributed by atoms with Gasteiger partial charge < -0.3 is 9.84 Å². The Balaban J connectivity index is 1.71. The zero-order valence-electron chi connectivity index (χ0n) is 11.7. The molecule has 1 heterocycles. The van der Waals surface area contributed by atoms with Crippen molar-refractivity contribution in [1.82, 2.24) is 4.98 Å². The molecular formula is C17H17NO3.